The summed E-state index contributed by atoms with van der Waals surface area (Å²) < 4.78 is 0. The second kappa shape index (κ2) is 6.21. The van der Waals surface area contributed by atoms with Crippen molar-refractivity contribution < 1.29 is 9.90 Å². The van der Waals surface area contributed by atoms with Gasteiger partial charge < -0.3 is 10.0 Å². The van der Waals surface area contributed by atoms with E-state index in [1.807, 2.05) is 16.8 Å². The Kier molecular flexibility index (Phi) is 5.22. The van der Waals surface area contributed by atoms with Crippen LogP contribution in [0.1, 0.15) is 33.1 Å². The van der Waals surface area contributed by atoms with Crippen LogP contribution in [0.4, 0.5) is 0 Å². The number of nitrogens with zero attached hydrogens (tertiary/aromatic N) is 2. The third-order valence-electron chi connectivity index (χ3n) is 3.10. The average Bonchev–Trinajstić information content (AvgIpc) is 2.16. The Balaban J connectivity index is 2.38. The predicted octanol–water partition coefficient (Wildman–Crippen LogP) is 0.700. The molecular formula is C12H24N2O2. The summed E-state index contributed by atoms with van der Waals surface area (Å²) in [4.78, 5) is 15.9. The van der Waals surface area contributed by atoms with Gasteiger partial charge in [-0.05, 0) is 40.2 Å². The zero-order valence-electron chi connectivity index (χ0n) is 10.6. The summed E-state index contributed by atoms with van der Waals surface area (Å²) in [6, 6.07) is 0.376. The van der Waals surface area contributed by atoms with Gasteiger partial charge in [0.15, 0.2) is 0 Å². The van der Waals surface area contributed by atoms with E-state index in [-0.39, 0.29) is 12.0 Å². The maximum atomic E-state index is 12.0. The Morgan fingerprint density at radius 3 is 2.81 bits per heavy atom. The third kappa shape index (κ3) is 4.10. The van der Waals surface area contributed by atoms with Crippen molar-refractivity contribution in [1.29, 1.82) is 0 Å². The van der Waals surface area contributed by atoms with Crippen molar-refractivity contribution in [1.82, 2.24) is 9.80 Å². The number of piperidine rings is 1. The van der Waals surface area contributed by atoms with Crippen molar-refractivity contribution in [2.24, 2.45) is 0 Å². The zero-order chi connectivity index (χ0) is 12.1. The van der Waals surface area contributed by atoms with E-state index in [9.17, 15) is 9.90 Å². The lowest BCUT2D eigenvalue weighted by molar-refractivity contribution is -0.135. The summed E-state index contributed by atoms with van der Waals surface area (Å²) in [5.74, 6) is 0.190. The highest BCUT2D eigenvalue weighted by Gasteiger charge is 2.23. The molecule has 0 saturated carbocycles. The molecule has 1 heterocycles. The number of hydrogen-bond acceptors (Lipinski definition) is 3. The van der Waals surface area contributed by atoms with E-state index in [1.54, 1.807) is 6.92 Å². The minimum absolute atomic E-state index is 0.190. The number of likely N-dealkylation sites (tertiary alicyclic amines) is 1. The van der Waals surface area contributed by atoms with Crippen molar-refractivity contribution in [3.63, 3.8) is 0 Å². The molecular weight excluding hydrogens is 204 g/mol. The van der Waals surface area contributed by atoms with E-state index in [0.717, 1.165) is 19.4 Å². The summed E-state index contributed by atoms with van der Waals surface area (Å²) in [6.45, 7) is 5.71. The fourth-order valence-corrected chi connectivity index (χ4v) is 2.31. The fourth-order valence-electron chi connectivity index (χ4n) is 2.31. The maximum absolute atomic E-state index is 12.0. The van der Waals surface area contributed by atoms with Crippen LogP contribution in [0.25, 0.3) is 0 Å². The Bertz CT molecular complexity index is 231. The maximum Gasteiger partial charge on any atom is 0.236 e. The van der Waals surface area contributed by atoms with Crippen molar-refractivity contribution in [2.45, 2.75) is 45.3 Å². The highest BCUT2D eigenvalue weighted by atomic mass is 16.3. The number of likely N-dealkylation sites (N-methyl/N-ethyl adjacent to an activating group) is 1. The quantitative estimate of drug-likeness (QED) is 0.770. The molecule has 1 amide bonds. The van der Waals surface area contributed by atoms with Gasteiger partial charge >= 0.3 is 0 Å². The van der Waals surface area contributed by atoms with Gasteiger partial charge in [-0.1, -0.05) is 0 Å². The molecule has 0 aliphatic carbocycles. The molecule has 0 aromatic carbocycles. The Hall–Kier alpha value is -0.610. The molecule has 0 bridgehead atoms. The van der Waals surface area contributed by atoms with Crippen LogP contribution >= 0.6 is 0 Å². The first-order valence-electron chi connectivity index (χ1n) is 6.16. The summed E-state index contributed by atoms with van der Waals surface area (Å²) in [5, 5.41) is 9.23. The van der Waals surface area contributed by atoms with Gasteiger partial charge in [-0.3, -0.25) is 9.69 Å². The molecule has 16 heavy (non-hydrogen) atoms. The monoisotopic (exact) mass is 228 g/mol. The number of aliphatic hydroxyl groups excluding tert-OH is 1. The SMILES string of the molecule is CC(O)CN(C)CC(=O)N1CCCCC1C. The van der Waals surface area contributed by atoms with Crippen molar-refractivity contribution in [3.05, 3.63) is 0 Å². The van der Waals surface area contributed by atoms with Gasteiger partial charge in [-0.25, -0.2) is 0 Å². The first-order chi connectivity index (χ1) is 7.50. The lowest BCUT2D eigenvalue weighted by Gasteiger charge is -2.34. The molecule has 1 N–H and O–H groups in total. The van der Waals surface area contributed by atoms with Gasteiger partial charge in [0.2, 0.25) is 5.91 Å². The Morgan fingerprint density at radius 1 is 1.56 bits per heavy atom. The van der Waals surface area contributed by atoms with E-state index < -0.39 is 0 Å². The number of hydrogen-bond donors (Lipinski definition) is 1. The normalized spacial score (nSPS) is 23.6. The predicted molar refractivity (Wildman–Crippen MR) is 64.2 cm³/mol. The second-order valence-corrected chi connectivity index (χ2v) is 4.98. The Labute approximate surface area is 98.2 Å². The molecule has 2 unspecified atom stereocenters. The number of carbonyl (C=O) groups is 1. The number of carbonyl (C=O) groups excluding carboxylic acids is 1. The van der Waals surface area contributed by atoms with Gasteiger partial charge in [-0.15, -0.1) is 0 Å². The van der Waals surface area contributed by atoms with Crippen molar-refractivity contribution in [2.75, 3.05) is 26.7 Å². The molecule has 1 aliphatic heterocycles. The summed E-state index contributed by atoms with van der Waals surface area (Å²) >= 11 is 0. The molecule has 1 aliphatic rings. The number of rotatable bonds is 4. The van der Waals surface area contributed by atoms with Crippen LogP contribution in [-0.2, 0) is 4.79 Å². The van der Waals surface area contributed by atoms with Gasteiger partial charge in [0.05, 0.1) is 12.6 Å². The highest BCUT2D eigenvalue weighted by molar-refractivity contribution is 5.78. The van der Waals surface area contributed by atoms with Crippen LogP contribution < -0.4 is 0 Å². The molecule has 0 aromatic heterocycles. The van der Waals surface area contributed by atoms with Crippen LogP contribution in [0.15, 0.2) is 0 Å². The van der Waals surface area contributed by atoms with Gasteiger partial charge in [0.25, 0.3) is 0 Å². The average molecular weight is 228 g/mol. The van der Waals surface area contributed by atoms with E-state index in [1.165, 1.54) is 6.42 Å². The van der Waals surface area contributed by atoms with Crippen LogP contribution in [0.3, 0.4) is 0 Å². The van der Waals surface area contributed by atoms with Crippen LogP contribution in [0, 0.1) is 0 Å². The first-order valence-corrected chi connectivity index (χ1v) is 6.16. The minimum Gasteiger partial charge on any atom is -0.392 e. The molecule has 0 spiro atoms. The largest absolute Gasteiger partial charge is 0.392 e. The van der Waals surface area contributed by atoms with Crippen molar-refractivity contribution in [3.8, 4) is 0 Å². The van der Waals surface area contributed by atoms with Gasteiger partial charge in [0, 0.05) is 19.1 Å². The molecule has 4 nitrogen and oxygen atoms in total. The number of aliphatic hydroxyl groups is 1. The van der Waals surface area contributed by atoms with Gasteiger partial charge in [-0.2, -0.15) is 0 Å². The highest BCUT2D eigenvalue weighted by Crippen LogP contribution is 2.16. The topological polar surface area (TPSA) is 43.8 Å². The van der Waals surface area contributed by atoms with E-state index in [2.05, 4.69) is 6.92 Å². The fraction of sp³-hybridized carbons (Fsp3) is 0.917. The summed E-state index contributed by atoms with van der Waals surface area (Å²) in [6.07, 6.45) is 3.09. The third-order valence-corrected chi connectivity index (χ3v) is 3.10. The molecule has 2 atom stereocenters. The lowest BCUT2D eigenvalue weighted by Crippen LogP contribution is -2.47. The second-order valence-electron chi connectivity index (χ2n) is 4.98. The molecule has 1 fully saturated rings. The lowest BCUT2D eigenvalue weighted by atomic mass is 10.0. The van der Waals surface area contributed by atoms with E-state index >= 15 is 0 Å². The Morgan fingerprint density at radius 2 is 2.25 bits per heavy atom. The van der Waals surface area contributed by atoms with E-state index in [0.29, 0.717) is 19.1 Å². The summed E-state index contributed by atoms with van der Waals surface area (Å²) in [5.41, 5.74) is 0. The van der Waals surface area contributed by atoms with Crippen LogP contribution in [0.5, 0.6) is 0 Å². The summed E-state index contributed by atoms with van der Waals surface area (Å²) in [7, 11) is 1.87. The zero-order valence-corrected chi connectivity index (χ0v) is 10.6. The van der Waals surface area contributed by atoms with Crippen LogP contribution in [-0.4, -0.2) is 59.6 Å². The molecule has 4 heteroatoms. The van der Waals surface area contributed by atoms with Crippen molar-refractivity contribution >= 4 is 5.91 Å². The molecule has 0 aromatic rings. The molecule has 1 saturated heterocycles. The minimum atomic E-state index is -0.378. The molecule has 1 rings (SSSR count). The van der Waals surface area contributed by atoms with E-state index in [4.69, 9.17) is 0 Å². The van der Waals surface area contributed by atoms with Crippen LogP contribution in [0.2, 0.25) is 0 Å². The standard InChI is InChI=1S/C12H24N2O2/c1-10-6-4-5-7-14(10)12(16)9-13(3)8-11(2)15/h10-11,15H,4-9H2,1-3H3. The smallest absolute Gasteiger partial charge is 0.236 e. The number of amides is 1. The first kappa shape index (κ1) is 13.5. The molecule has 0 radical (unpaired) electrons. The molecule has 94 valence electrons. The van der Waals surface area contributed by atoms with Gasteiger partial charge in [0.1, 0.15) is 0 Å².